The van der Waals surface area contributed by atoms with Crippen molar-refractivity contribution >= 4 is 17.8 Å². The first-order chi connectivity index (χ1) is 7.51. The molecule has 0 saturated heterocycles. The van der Waals surface area contributed by atoms with Crippen molar-refractivity contribution in [1.82, 2.24) is 5.32 Å². The molecule has 0 aliphatic carbocycles. The number of carbonyl (C=O) groups excluding carboxylic acids is 2. The standard InChI is InChI=1S/C10H16N2O4/c1-5-7(3)12-16-10(14)11-8(4)9(13)15-6-2/h4-6H2,1-3H3,(H,11,14). The summed E-state index contributed by atoms with van der Waals surface area (Å²) in [5.41, 5.74) is 0.480. The molecule has 6 heteroatoms. The van der Waals surface area contributed by atoms with E-state index in [0.29, 0.717) is 12.1 Å². The largest absolute Gasteiger partial charge is 0.461 e. The van der Waals surface area contributed by atoms with Gasteiger partial charge in [0.05, 0.1) is 12.3 Å². The van der Waals surface area contributed by atoms with Gasteiger partial charge in [0.15, 0.2) is 0 Å². The van der Waals surface area contributed by atoms with Crippen LogP contribution in [0.2, 0.25) is 0 Å². The number of nitrogens with one attached hydrogen (secondary N) is 1. The second-order valence-electron chi connectivity index (χ2n) is 2.88. The van der Waals surface area contributed by atoms with Crippen molar-refractivity contribution in [2.75, 3.05) is 6.61 Å². The summed E-state index contributed by atoms with van der Waals surface area (Å²) in [6.07, 6.45) is -0.197. The Morgan fingerprint density at radius 1 is 1.38 bits per heavy atom. The van der Waals surface area contributed by atoms with E-state index in [4.69, 9.17) is 0 Å². The number of ether oxygens (including phenoxy) is 1. The van der Waals surface area contributed by atoms with Crippen LogP contribution in [0.1, 0.15) is 27.2 Å². The molecule has 0 atom stereocenters. The summed E-state index contributed by atoms with van der Waals surface area (Å²) in [4.78, 5) is 26.6. The van der Waals surface area contributed by atoms with Gasteiger partial charge in [-0.05, 0) is 20.3 Å². The van der Waals surface area contributed by atoms with Gasteiger partial charge >= 0.3 is 12.1 Å². The van der Waals surface area contributed by atoms with Gasteiger partial charge in [0.1, 0.15) is 5.70 Å². The van der Waals surface area contributed by atoms with Gasteiger partial charge in [-0.25, -0.2) is 9.59 Å². The third kappa shape index (κ3) is 5.79. The maximum atomic E-state index is 11.1. The number of nitrogens with zero attached hydrogens (tertiary/aromatic N) is 1. The van der Waals surface area contributed by atoms with Crippen molar-refractivity contribution in [2.24, 2.45) is 5.16 Å². The lowest BCUT2D eigenvalue weighted by Gasteiger charge is -2.05. The fourth-order valence-corrected chi connectivity index (χ4v) is 0.599. The van der Waals surface area contributed by atoms with Gasteiger partial charge in [0.25, 0.3) is 0 Å². The molecule has 1 N–H and O–H groups in total. The zero-order valence-corrected chi connectivity index (χ0v) is 9.70. The van der Waals surface area contributed by atoms with Crippen LogP contribution in [0, 0.1) is 0 Å². The van der Waals surface area contributed by atoms with E-state index in [9.17, 15) is 9.59 Å². The van der Waals surface area contributed by atoms with Crippen LogP contribution in [-0.2, 0) is 14.4 Å². The molecule has 90 valence electrons. The molecule has 0 aromatic rings. The summed E-state index contributed by atoms with van der Waals surface area (Å²) < 4.78 is 4.61. The molecule has 0 saturated carbocycles. The highest BCUT2D eigenvalue weighted by Crippen LogP contribution is 1.93. The Kier molecular flexibility index (Phi) is 6.58. The molecule has 0 aliphatic heterocycles. The minimum Gasteiger partial charge on any atom is -0.461 e. The third-order valence-electron chi connectivity index (χ3n) is 1.57. The number of hydrogen-bond acceptors (Lipinski definition) is 5. The number of hydrogen-bond donors (Lipinski definition) is 1. The molecule has 0 heterocycles. The van der Waals surface area contributed by atoms with Gasteiger partial charge < -0.3 is 4.74 Å². The van der Waals surface area contributed by atoms with Crippen molar-refractivity contribution in [3.8, 4) is 0 Å². The van der Waals surface area contributed by atoms with Gasteiger partial charge in [0, 0.05) is 0 Å². The number of esters is 1. The topological polar surface area (TPSA) is 77.0 Å². The van der Waals surface area contributed by atoms with Gasteiger partial charge in [0.2, 0.25) is 0 Å². The monoisotopic (exact) mass is 228 g/mol. The molecule has 1 amide bonds. The highest BCUT2D eigenvalue weighted by Gasteiger charge is 2.12. The van der Waals surface area contributed by atoms with E-state index in [1.807, 2.05) is 6.92 Å². The Hall–Kier alpha value is -1.85. The van der Waals surface area contributed by atoms with E-state index in [1.165, 1.54) is 0 Å². The molecule has 0 spiro atoms. The van der Waals surface area contributed by atoms with Gasteiger partial charge in [-0.1, -0.05) is 18.7 Å². The number of oxime groups is 1. The predicted octanol–water partition coefficient (Wildman–Crippen LogP) is 1.58. The minimum absolute atomic E-state index is 0.184. The molecule has 0 fully saturated rings. The summed E-state index contributed by atoms with van der Waals surface area (Å²) in [5.74, 6) is -0.698. The molecule has 0 aromatic heterocycles. The van der Waals surface area contributed by atoms with E-state index in [-0.39, 0.29) is 12.3 Å². The van der Waals surface area contributed by atoms with E-state index in [2.05, 4.69) is 26.6 Å². The van der Waals surface area contributed by atoms with E-state index >= 15 is 0 Å². The van der Waals surface area contributed by atoms with Crippen molar-refractivity contribution < 1.29 is 19.2 Å². The Morgan fingerprint density at radius 3 is 2.50 bits per heavy atom. The van der Waals surface area contributed by atoms with Crippen molar-refractivity contribution in [3.63, 3.8) is 0 Å². The predicted molar refractivity (Wildman–Crippen MR) is 58.8 cm³/mol. The summed E-state index contributed by atoms with van der Waals surface area (Å²) in [7, 11) is 0. The lowest BCUT2D eigenvalue weighted by atomic mass is 10.3. The minimum atomic E-state index is -0.870. The fourth-order valence-electron chi connectivity index (χ4n) is 0.599. The van der Waals surface area contributed by atoms with Crippen LogP contribution in [-0.4, -0.2) is 24.4 Å². The highest BCUT2D eigenvalue weighted by molar-refractivity contribution is 5.91. The molecule has 0 aromatic carbocycles. The summed E-state index contributed by atoms with van der Waals surface area (Å²) in [6.45, 7) is 8.78. The van der Waals surface area contributed by atoms with Crippen LogP contribution in [0.15, 0.2) is 17.4 Å². The molecule has 0 aliphatic rings. The Balaban J connectivity index is 4.06. The zero-order valence-electron chi connectivity index (χ0n) is 9.70. The second-order valence-corrected chi connectivity index (χ2v) is 2.88. The molecular weight excluding hydrogens is 212 g/mol. The second kappa shape index (κ2) is 7.44. The molecule has 0 rings (SSSR count). The van der Waals surface area contributed by atoms with Crippen molar-refractivity contribution in [2.45, 2.75) is 27.2 Å². The number of rotatable bonds is 5. The summed E-state index contributed by atoms with van der Waals surface area (Å²) in [5, 5.41) is 5.62. The SMILES string of the molecule is C=C(NC(=O)ON=C(C)CC)C(=O)OCC. The number of carbonyl (C=O) groups is 2. The quantitative estimate of drug-likeness (QED) is 0.255. The average molecular weight is 228 g/mol. The smallest absolute Gasteiger partial charge is 0.438 e. The first-order valence-electron chi connectivity index (χ1n) is 4.88. The molecule has 6 nitrogen and oxygen atoms in total. The molecule has 0 radical (unpaired) electrons. The van der Waals surface area contributed by atoms with Crippen LogP contribution in [0.4, 0.5) is 4.79 Å². The Bertz CT molecular complexity index is 310. The molecule has 0 unspecified atom stereocenters. The van der Waals surface area contributed by atoms with Crippen molar-refractivity contribution in [3.05, 3.63) is 12.3 Å². The summed E-state index contributed by atoms with van der Waals surface area (Å²) in [6, 6.07) is 0. The van der Waals surface area contributed by atoms with Crippen molar-refractivity contribution in [1.29, 1.82) is 0 Å². The Morgan fingerprint density at radius 2 is 2.00 bits per heavy atom. The maximum Gasteiger partial charge on any atom is 0.438 e. The maximum absolute atomic E-state index is 11.1. The van der Waals surface area contributed by atoms with Gasteiger partial charge in [-0.15, -0.1) is 0 Å². The molecular formula is C10H16N2O4. The van der Waals surface area contributed by atoms with Crippen LogP contribution in [0.3, 0.4) is 0 Å². The first kappa shape index (κ1) is 14.2. The van der Waals surface area contributed by atoms with Gasteiger partial charge in [-0.2, -0.15) is 0 Å². The van der Waals surface area contributed by atoms with E-state index in [1.54, 1.807) is 13.8 Å². The molecule has 16 heavy (non-hydrogen) atoms. The fraction of sp³-hybridized carbons (Fsp3) is 0.500. The van der Waals surface area contributed by atoms with E-state index in [0.717, 1.165) is 0 Å². The lowest BCUT2D eigenvalue weighted by Crippen LogP contribution is -2.27. The van der Waals surface area contributed by atoms with Gasteiger partial charge in [-0.3, -0.25) is 10.2 Å². The average Bonchev–Trinajstić information content (AvgIpc) is 2.26. The van der Waals surface area contributed by atoms with E-state index < -0.39 is 12.1 Å². The van der Waals surface area contributed by atoms with Crippen LogP contribution in [0.5, 0.6) is 0 Å². The normalized spacial score (nSPS) is 10.6. The first-order valence-corrected chi connectivity index (χ1v) is 4.88. The lowest BCUT2D eigenvalue weighted by molar-refractivity contribution is -0.138. The Labute approximate surface area is 94.3 Å². The highest BCUT2D eigenvalue weighted by atomic mass is 16.7. The van der Waals surface area contributed by atoms with Crippen LogP contribution in [0.25, 0.3) is 0 Å². The molecule has 0 bridgehead atoms. The summed E-state index contributed by atoms with van der Waals surface area (Å²) >= 11 is 0. The number of amides is 1. The third-order valence-corrected chi connectivity index (χ3v) is 1.57. The van der Waals surface area contributed by atoms with Crippen LogP contribution >= 0.6 is 0 Å². The zero-order chi connectivity index (χ0) is 12.6. The van der Waals surface area contributed by atoms with Crippen LogP contribution < -0.4 is 5.32 Å².